The SMILES string of the molecule is CC(=O)c1cccc(NC(=O)c2cncc(NCCc3ccc(F)cc3)c2)c1. The molecule has 0 aliphatic heterocycles. The summed E-state index contributed by atoms with van der Waals surface area (Å²) in [5.41, 5.74) is 3.22. The van der Waals surface area contributed by atoms with Gasteiger partial charge in [0, 0.05) is 30.2 Å². The van der Waals surface area contributed by atoms with Gasteiger partial charge >= 0.3 is 0 Å². The lowest BCUT2D eigenvalue weighted by Crippen LogP contribution is -2.13. The zero-order valence-electron chi connectivity index (χ0n) is 15.4. The van der Waals surface area contributed by atoms with E-state index in [-0.39, 0.29) is 17.5 Å². The van der Waals surface area contributed by atoms with Gasteiger partial charge in [-0.3, -0.25) is 14.6 Å². The summed E-state index contributed by atoms with van der Waals surface area (Å²) in [4.78, 5) is 28.0. The van der Waals surface area contributed by atoms with E-state index in [4.69, 9.17) is 0 Å². The molecule has 3 aromatic rings. The Morgan fingerprint density at radius 2 is 1.71 bits per heavy atom. The molecule has 0 spiro atoms. The Kier molecular flexibility index (Phi) is 6.11. The fourth-order valence-corrected chi connectivity index (χ4v) is 2.68. The molecule has 0 saturated carbocycles. The van der Waals surface area contributed by atoms with Crippen molar-refractivity contribution in [3.05, 3.63) is 89.5 Å². The number of halogens is 1. The largest absolute Gasteiger partial charge is 0.383 e. The van der Waals surface area contributed by atoms with Crippen LogP contribution in [0.25, 0.3) is 0 Å². The van der Waals surface area contributed by atoms with Crippen LogP contribution in [-0.4, -0.2) is 23.2 Å². The summed E-state index contributed by atoms with van der Waals surface area (Å²) in [6, 6.07) is 14.8. The normalized spacial score (nSPS) is 10.4. The maximum Gasteiger partial charge on any atom is 0.257 e. The van der Waals surface area contributed by atoms with Crippen molar-refractivity contribution in [1.29, 1.82) is 0 Å². The Labute approximate surface area is 162 Å². The molecule has 142 valence electrons. The standard InChI is InChI=1S/C22H20FN3O2/c1-15(27)17-3-2-4-20(11-17)26-22(28)18-12-21(14-24-13-18)25-10-9-16-5-7-19(23)8-6-16/h2-8,11-14,25H,9-10H2,1H3,(H,26,28). The highest BCUT2D eigenvalue weighted by Crippen LogP contribution is 2.15. The van der Waals surface area contributed by atoms with Gasteiger partial charge in [-0.15, -0.1) is 0 Å². The number of Topliss-reactive ketones (excluding diaryl/α,β-unsaturated/α-hetero) is 1. The lowest BCUT2D eigenvalue weighted by Gasteiger charge is -2.09. The number of nitrogens with one attached hydrogen (secondary N) is 2. The first-order valence-corrected chi connectivity index (χ1v) is 8.87. The molecule has 28 heavy (non-hydrogen) atoms. The van der Waals surface area contributed by atoms with E-state index in [1.807, 2.05) is 0 Å². The number of ketones is 1. The Morgan fingerprint density at radius 1 is 0.964 bits per heavy atom. The van der Waals surface area contributed by atoms with Crippen LogP contribution in [0.1, 0.15) is 33.2 Å². The van der Waals surface area contributed by atoms with Crippen molar-refractivity contribution in [2.45, 2.75) is 13.3 Å². The molecular weight excluding hydrogens is 357 g/mol. The lowest BCUT2D eigenvalue weighted by atomic mass is 10.1. The fourth-order valence-electron chi connectivity index (χ4n) is 2.68. The van der Waals surface area contributed by atoms with Crippen molar-refractivity contribution in [1.82, 2.24) is 4.98 Å². The minimum atomic E-state index is -0.310. The molecule has 0 aliphatic rings. The van der Waals surface area contributed by atoms with Crippen LogP contribution in [0, 0.1) is 5.82 Å². The number of carbonyl (C=O) groups is 2. The summed E-state index contributed by atoms with van der Waals surface area (Å²) in [6.07, 6.45) is 3.83. The number of amides is 1. The van der Waals surface area contributed by atoms with Crippen molar-refractivity contribution >= 4 is 23.1 Å². The van der Waals surface area contributed by atoms with Crippen molar-refractivity contribution in [3.63, 3.8) is 0 Å². The average molecular weight is 377 g/mol. The van der Waals surface area contributed by atoms with Crippen molar-refractivity contribution < 1.29 is 14.0 Å². The van der Waals surface area contributed by atoms with E-state index >= 15 is 0 Å². The zero-order chi connectivity index (χ0) is 19.9. The maximum absolute atomic E-state index is 12.9. The van der Waals surface area contributed by atoms with Crippen LogP contribution in [0.2, 0.25) is 0 Å². The number of anilines is 2. The van der Waals surface area contributed by atoms with Crippen LogP contribution in [-0.2, 0) is 6.42 Å². The number of rotatable bonds is 7. The Morgan fingerprint density at radius 3 is 2.46 bits per heavy atom. The van der Waals surface area contributed by atoms with Crippen LogP contribution in [0.15, 0.2) is 67.0 Å². The van der Waals surface area contributed by atoms with E-state index in [1.165, 1.54) is 25.3 Å². The molecule has 5 nitrogen and oxygen atoms in total. The second-order valence-electron chi connectivity index (χ2n) is 6.36. The summed E-state index contributed by atoms with van der Waals surface area (Å²) in [5, 5.41) is 5.98. The lowest BCUT2D eigenvalue weighted by molar-refractivity contribution is 0.101. The number of nitrogens with zero attached hydrogens (tertiary/aromatic N) is 1. The topological polar surface area (TPSA) is 71.1 Å². The van der Waals surface area contributed by atoms with Gasteiger partial charge in [0.2, 0.25) is 0 Å². The highest BCUT2D eigenvalue weighted by Gasteiger charge is 2.09. The van der Waals surface area contributed by atoms with E-state index in [1.54, 1.807) is 48.7 Å². The Bertz CT molecular complexity index is 987. The molecule has 0 fully saturated rings. The van der Waals surface area contributed by atoms with Gasteiger partial charge in [-0.25, -0.2) is 4.39 Å². The van der Waals surface area contributed by atoms with E-state index in [0.29, 0.717) is 35.5 Å². The van der Waals surface area contributed by atoms with Gasteiger partial charge in [0.15, 0.2) is 5.78 Å². The molecule has 1 amide bonds. The number of pyridine rings is 1. The van der Waals surface area contributed by atoms with Gasteiger partial charge in [0.25, 0.3) is 5.91 Å². The summed E-state index contributed by atoms with van der Waals surface area (Å²) in [6.45, 7) is 2.10. The van der Waals surface area contributed by atoms with Crippen LogP contribution in [0.3, 0.4) is 0 Å². The summed E-state index contributed by atoms with van der Waals surface area (Å²) < 4.78 is 12.9. The molecule has 0 bridgehead atoms. The predicted molar refractivity (Wildman–Crippen MR) is 107 cm³/mol. The number of carbonyl (C=O) groups excluding carboxylic acids is 2. The first-order valence-electron chi connectivity index (χ1n) is 8.87. The first kappa shape index (κ1) is 19.2. The minimum Gasteiger partial charge on any atom is -0.383 e. The predicted octanol–water partition coefficient (Wildman–Crippen LogP) is 4.33. The second kappa shape index (κ2) is 8.90. The third-order valence-electron chi connectivity index (χ3n) is 4.18. The van der Waals surface area contributed by atoms with Crippen LogP contribution < -0.4 is 10.6 Å². The zero-order valence-corrected chi connectivity index (χ0v) is 15.4. The molecule has 6 heteroatoms. The molecule has 3 rings (SSSR count). The number of aromatic nitrogens is 1. The number of hydrogen-bond donors (Lipinski definition) is 2. The monoisotopic (exact) mass is 377 g/mol. The average Bonchev–Trinajstić information content (AvgIpc) is 2.70. The maximum atomic E-state index is 12.9. The number of benzene rings is 2. The van der Waals surface area contributed by atoms with E-state index < -0.39 is 0 Å². The number of hydrogen-bond acceptors (Lipinski definition) is 4. The molecule has 0 aliphatic carbocycles. The molecule has 0 radical (unpaired) electrons. The summed E-state index contributed by atoms with van der Waals surface area (Å²) in [7, 11) is 0. The van der Waals surface area contributed by atoms with E-state index in [2.05, 4.69) is 15.6 Å². The fraction of sp³-hybridized carbons (Fsp3) is 0.136. The van der Waals surface area contributed by atoms with Crippen LogP contribution in [0.4, 0.5) is 15.8 Å². The first-order chi connectivity index (χ1) is 13.5. The Hall–Kier alpha value is -3.54. The van der Waals surface area contributed by atoms with Gasteiger partial charge in [-0.1, -0.05) is 24.3 Å². The summed E-state index contributed by atoms with van der Waals surface area (Å²) in [5.74, 6) is -0.631. The van der Waals surface area contributed by atoms with E-state index in [0.717, 1.165) is 5.56 Å². The summed E-state index contributed by atoms with van der Waals surface area (Å²) >= 11 is 0. The van der Waals surface area contributed by atoms with Crippen molar-refractivity contribution in [2.24, 2.45) is 0 Å². The van der Waals surface area contributed by atoms with Gasteiger partial charge in [0.1, 0.15) is 5.82 Å². The molecular formula is C22H20FN3O2. The van der Waals surface area contributed by atoms with Crippen molar-refractivity contribution in [3.8, 4) is 0 Å². The van der Waals surface area contributed by atoms with Crippen molar-refractivity contribution in [2.75, 3.05) is 17.2 Å². The Balaban J connectivity index is 1.60. The molecule has 1 aromatic heterocycles. The smallest absolute Gasteiger partial charge is 0.257 e. The quantitative estimate of drug-likeness (QED) is 0.601. The molecule has 2 N–H and O–H groups in total. The third-order valence-corrected chi connectivity index (χ3v) is 4.18. The van der Waals surface area contributed by atoms with Crippen LogP contribution >= 0.6 is 0 Å². The highest BCUT2D eigenvalue weighted by atomic mass is 19.1. The highest BCUT2D eigenvalue weighted by molar-refractivity contribution is 6.05. The minimum absolute atomic E-state index is 0.0647. The van der Waals surface area contributed by atoms with Gasteiger partial charge < -0.3 is 10.6 Å². The third kappa shape index (κ3) is 5.23. The van der Waals surface area contributed by atoms with Gasteiger partial charge in [-0.2, -0.15) is 0 Å². The van der Waals surface area contributed by atoms with Gasteiger partial charge in [-0.05, 0) is 49.2 Å². The molecule has 2 aromatic carbocycles. The molecule has 0 saturated heterocycles. The second-order valence-corrected chi connectivity index (χ2v) is 6.36. The molecule has 0 atom stereocenters. The molecule has 0 unspecified atom stereocenters. The van der Waals surface area contributed by atoms with Gasteiger partial charge in [0.05, 0.1) is 11.3 Å². The van der Waals surface area contributed by atoms with E-state index in [9.17, 15) is 14.0 Å². The van der Waals surface area contributed by atoms with Crippen LogP contribution in [0.5, 0.6) is 0 Å². The molecule has 1 heterocycles.